The second-order valence-electron chi connectivity index (χ2n) is 8.06. The third kappa shape index (κ3) is 5.48. The van der Waals surface area contributed by atoms with Crippen LogP contribution in [0.15, 0.2) is 103 Å². The van der Waals surface area contributed by atoms with Gasteiger partial charge in [0.25, 0.3) is 5.91 Å². The van der Waals surface area contributed by atoms with Crippen LogP contribution in [0.2, 0.25) is 0 Å². The summed E-state index contributed by atoms with van der Waals surface area (Å²) in [5, 5.41) is 6.31. The van der Waals surface area contributed by atoms with E-state index in [0.717, 1.165) is 22.5 Å². The quantitative estimate of drug-likeness (QED) is 0.233. The van der Waals surface area contributed by atoms with Crippen molar-refractivity contribution in [3.8, 4) is 0 Å². The Balaban J connectivity index is 1.46. The van der Waals surface area contributed by atoms with Gasteiger partial charge in [-0.3, -0.25) is 9.59 Å². The molecular weight excluding hydrogens is 420 g/mol. The summed E-state index contributed by atoms with van der Waals surface area (Å²) in [6.07, 6.45) is 3.34. The molecule has 4 aromatic carbocycles. The van der Waals surface area contributed by atoms with Gasteiger partial charge in [0, 0.05) is 16.9 Å². The van der Waals surface area contributed by atoms with Crippen LogP contribution in [0, 0.1) is 13.8 Å². The fraction of sp³-hybridized carbons (Fsp3) is 0.0667. The number of hydrogen-bond acceptors (Lipinski definition) is 3. The number of aryl methyl sites for hydroxylation is 1. The maximum absolute atomic E-state index is 13.0. The molecule has 0 radical (unpaired) electrons. The monoisotopic (exact) mass is 446 g/mol. The molecule has 4 aromatic rings. The van der Waals surface area contributed by atoms with E-state index in [2.05, 4.69) is 30.5 Å². The molecule has 0 aliphatic carbocycles. The Morgan fingerprint density at radius 3 is 2.15 bits per heavy atom. The van der Waals surface area contributed by atoms with Gasteiger partial charge in [0.2, 0.25) is 0 Å². The number of nitrogens with one attached hydrogen (secondary N) is 2. The molecule has 0 aliphatic rings. The van der Waals surface area contributed by atoms with Crippen molar-refractivity contribution in [2.45, 2.75) is 13.8 Å². The summed E-state index contributed by atoms with van der Waals surface area (Å²) in [7, 11) is 0. The largest absolute Gasteiger partial charge is 0.355 e. The predicted octanol–water partition coefficient (Wildman–Crippen LogP) is 7.20. The zero-order valence-corrected chi connectivity index (χ0v) is 19.2. The topological polar surface area (TPSA) is 58.2 Å². The number of carbonyl (C=O) groups is 2. The van der Waals surface area contributed by atoms with Crippen LogP contribution in [-0.4, -0.2) is 11.7 Å². The number of hydrogen-bond donors (Lipinski definition) is 2. The van der Waals surface area contributed by atoms with Crippen LogP contribution in [-0.2, 0) is 0 Å². The molecule has 0 unspecified atom stereocenters. The smallest absolute Gasteiger partial charge is 0.257 e. The normalized spacial score (nSPS) is 10.8. The molecule has 168 valence electrons. The first-order chi connectivity index (χ1) is 16.5. The molecule has 34 heavy (non-hydrogen) atoms. The second-order valence-corrected chi connectivity index (χ2v) is 8.06. The predicted molar refractivity (Wildman–Crippen MR) is 140 cm³/mol. The van der Waals surface area contributed by atoms with Gasteiger partial charge < -0.3 is 10.6 Å². The van der Waals surface area contributed by atoms with E-state index in [9.17, 15) is 9.59 Å². The number of anilines is 3. The van der Waals surface area contributed by atoms with Crippen molar-refractivity contribution < 1.29 is 9.59 Å². The van der Waals surface area contributed by atoms with Crippen LogP contribution in [0.5, 0.6) is 0 Å². The number of amides is 1. The van der Waals surface area contributed by atoms with Crippen LogP contribution < -0.4 is 10.6 Å². The highest BCUT2D eigenvalue weighted by Gasteiger charge is 2.13. The number of allylic oxidation sites excluding steroid dienone is 1. The van der Waals surface area contributed by atoms with Gasteiger partial charge in [-0.2, -0.15) is 0 Å². The van der Waals surface area contributed by atoms with Crippen LogP contribution >= 0.6 is 0 Å². The number of carbonyl (C=O) groups excluding carboxylic acids is 2. The SMILES string of the molecule is Cc1cccc(Nc2ccccc2C(=O)Nc2ccc(C(=O)/C=C/c3ccccc3)cc2)c1C. The Kier molecular flexibility index (Phi) is 6.99. The minimum absolute atomic E-state index is 0.0928. The molecule has 0 fully saturated rings. The lowest BCUT2D eigenvalue weighted by Gasteiger charge is -2.15. The van der Waals surface area contributed by atoms with Gasteiger partial charge in [0.15, 0.2) is 5.78 Å². The van der Waals surface area contributed by atoms with Crippen molar-refractivity contribution in [3.63, 3.8) is 0 Å². The maximum Gasteiger partial charge on any atom is 0.257 e. The highest BCUT2D eigenvalue weighted by atomic mass is 16.1. The van der Waals surface area contributed by atoms with Gasteiger partial charge in [-0.25, -0.2) is 0 Å². The average molecular weight is 447 g/mol. The summed E-state index contributed by atoms with van der Waals surface area (Å²) >= 11 is 0. The van der Waals surface area contributed by atoms with Crippen molar-refractivity contribution in [3.05, 3.63) is 131 Å². The lowest BCUT2D eigenvalue weighted by Crippen LogP contribution is -2.14. The fourth-order valence-corrected chi connectivity index (χ4v) is 3.57. The van der Waals surface area contributed by atoms with Crippen LogP contribution in [0.4, 0.5) is 17.1 Å². The van der Waals surface area contributed by atoms with Crippen LogP contribution in [0.25, 0.3) is 6.08 Å². The summed E-state index contributed by atoms with van der Waals surface area (Å²) in [4.78, 5) is 25.5. The zero-order chi connectivity index (χ0) is 23.9. The Morgan fingerprint density at radius 1 is 0.706 bits per heavy atom. The highest BCUT2D eigenvalue weighted by molar-refractivity contribution is 6.09. The molecule has 0 aliphatic heterocycles. The van der Waals surface area contributed by atoms with E-state index in [0.29, 0.717) is 16.8 Å². The number of rotatable bonds is 7. The van der Waals surface area contributed by atoms with Crippen molar-refractivity contribution in [1.82, 2.24) is 0 Å². The molecule has 4 rings (SSSR count). The maximum atomic E-state index is 13.0. The van der Waals surface area contributed by atoms with E-state index < -0.39 is 0 Å². The van der Waals surface area contributed by atoms with Gasteiger partial charge in [-0.1, -0.05) is 60.7 Å². The second kappa shape index (κ2) is 10.5. The average Bonchev–Trinajstić information content (AvgIpc) is 2.86. The van der Waals surface area contributed by atoms with Crippen LogP contribution in [0.1, 0.15) is 37.4 Å². The van der Waals surface area contributed by atoms with Gasteiger partial charge in [-0.05, 0) is 79.1 Å². The zero-order valence-electron chi connectivity index (χ0n) is 19.2. The first-order valence-corrected chi connectivity index (χ1v) is 11.1. The standard InChI is InChI=1S/C30H26N2O2/c1-21-9-8-14-27(22(21)2)32-28-13-7-6-12-26(28)30(34)31-25-18-16-24(17-19-25)29(33)20-15-23-10-4-3-5-11-23/h3-20,32H,1-2H3,(H,31,34)/b20-15+. The summed E-state index contributed by atoms with van der Waals surface area (Å²) in [6.45, 7) is 4.11. The number of para-hydroxylation sites is 1. The third-order valence-corrected chi connectivity index (χ3v) is 5.70. The molecule has 4 heteroatoms. The molecule has 0 saturated carbocycles. The van der Waals surface area contributed by atoms with E-state index in [1.165, 1.54) is 5.56 Å². The van der Waals surface area contributed by atoms with Crippen molar-refractivity contribution >= 4 is 34.8 Å². The van der Waals surface area contributed by atoms with Crippen molar-refractivity contribution in [2.75, 3.05) is 10.6 Å². The molecule has 2 N–H and O–H groups in total. The van der Waals surface area contributed by atoms with Gasteiger partial charge in [-0.15, -0.1) is 0 Å². The number of benzene rings is 4. The lowest BCUT2D eigenvalue weighted by molar-refractivity contribution is 0.102. The number of ketones is 1. The Labute approximate surface area is 200 Å². The minimum Gasteiger partial charge on any atom is -0.355 e. The summed E-state index contributed by atoms with van der Waals surface area (Å²) in [5.74, 6) is -0.318. The molecule has 0 atom stereocenters. The molecular formula is C30H26N2O2. The van der Waals surface area contributed by atoms with Gasteiger partial charge in [0.1, 0.15) is 0 Å². The van der Waals surface area contributed by atoms with Crippen molar-refractivity contribution in [1.29, 1.82) is 0 Å². The molecule has 0 aromatic heterocycles. The molecule has 1 amide bonds. The Bertz CT molecular complexity index is 1340. The third-order valence-electron chi connectivity index (χ3n) is 5.70. The lowest BCUT2D eigenvalue weighted by atomic mass is 10.1. The first kappa shape index (κ1) is 22.7. The van der Waals surface area contributed by atoms with Crippen molar-refractivity contribution in [2.24, 2.45) is 0 Å². The van der Waals surface area contributed by atoms with E-state index in [1.54, 1.807) is 42.5 Å². The summed E-state index contributed by atoms with van der Waals surface area (Å²) < 4.78 is 0. The van der Waals surface area contributed by atoms with E-state index >= 15 is 0 Å². The highest BCUT2D eigenvalue weighted by Crippen LogP contribution is 2.26. The fourth-order valence-electron chi connectivity index (χ4n) is 3.57. The minimum atomic E-state index is -0.226. The van der Waals surface area contributed by atoms with E-state index in [1.807, 2.05) is 60.7 Å². The summed E-state index contributed by atoms with van der Waals surface area (Å²) in [5.41, 5.74) is 6.69. The molecule has 4 nitrogen and oxygen atoms in total. The van der Waals surface area contributed by atoms with Crippen LogP contribution in [0.3, 0.4) is 0 Å². The van der Waals surface area contributed by atoms with Gasteiger partial charge >= 0.3 is 0 Å². The Hall–Kier alpha value is -4.44. The summed E-state index contributed by atoms with van der Waals surface area (Å²) in [6, 6.07) is 30.0. The van der Waals surface area contributed by atoms with E-state index in [-0.39, 0.29) is 11.7 Å². The molecule has 0 saturated heterocycles. The molecule has 0 spiro atoms. The van der Waals surface area contributed by atoms with Gasteiger partial charge in [0.05, 0.1) is 11.3 Å². The molecule has 0 bridgehead atoms. The van der Waals surface area contributed by atoms with E-state index in [4.69, 9.17) is 0 Å². The first-order valence-electron chi connectivity index (χ1n) is 11.1. The molecule has 0 heterocycles. The Morgan fingerprint density at radius 2 is 1.38 bits per heavy atom.